The number of nitrogens with one attached hydrogen (secondary N) is 1. The molecule has 0 saturated carbocycles. The molecule has 4 rings (SSSR count). The van der Waals surface area contributed by atoms with Gasteiger partial charge in [0.1, 0.15) is 30.5 Å². The van der Waals surface area contributed by atoms with Gasteiger partial charge in [0.05, 0.1) is 18.8 Å². The van der Waals surface area contributed by atoms with Crippen LogP contribution in [0.2, 0.25) is 0 Å². The number of anilines is 1. The Morgan fingerprint density at radius 3 is 2.60 bits per heavy atom. The summed E-state index contributed by atoms with van der Waals surface area (Å²) in [6.07, 6.45) is -2.64. The van der Waals surface area contributed by atoms with Gasteiger partial charge in [0.15, 0.2) is 11.2 Å². The van der Waals surface area contributed by atoms with Gasteiger partial charge in [-0.1, -0.05) is 30.3 Å². The van der Waals surface area contributed by atoms with Gasteiger partial charge in [0, 0.05) is 32.1 Å². The molecule has 4 N–H and O–H groups in total. The Labute approximate surface area is 244 Å². The molecule has 5 atom stereocenters. The molecule has 1 aliphatic rings. The van der Waals surface area contributed by atoms with Gasteiger partial charge in [0.2, 0.25) is 0 Å². The maximum Gasteiger partial charge on any atom is 0.251 e. The van der Waals surface area contributed by atoms with Crippen LogP contribution in [0, 0.1) is 11.3 Å². The molecule has 0 unspecified atom stereocenters. The van der Waals surface area contributed by atoms with Crippen molar-refractivity contribution in [2.24, 2.45) is 0 Å². The highest BCUT2D eigenvalue weighted by Gasteiger charge is 2.44. The highest BCUT2D eigenvalue weighted by molar-refractivity contribution is 7.93. The van der Waals surface area contributed by atoms with E-state index < -0.39 is 45.6 Å². The van der Waals surface area contributed by atoms with Crippen LogP contribution in [0.25, 0.3) is 16.8 Å². The van der Waals surface area contributed by atoms with Crippen LogP contribution in [0.3, 0.4) is 0 Å². The van der Waals surface area contributed by atoms with Gasteiger partial charge >= 0.3 is 0 Å². The lowest BCUT2D eigenvalue weighted by molar-refractivity contribution is -0.292. The topological polar surface area (TPSA) is 183 Å². The fourth-order valence-corrected chi connectivity index (χ4v) is 5.71. The molecule has 1 fully saturated rings. The van der Waals surface area contributed by atoms with E-state index in [-0.39, 0.29) is 18.8 Å². The number of rotatable bonds is 12. The standard InChI is InChI=1S/C28H36N6O7S/c1-4-10-33(5-2)22-9-8-19-11-18(6-7-20(19)13-22)12-23(14-29)42(38,39)30-15-21-16-34(32-31-21)17-24-25(35)26(36)27(37)28(40-3)41-24/h6-9,11-13,16,24-28,30,35-37H,4-5,10,15,17H2,1-3H3/b23-12+/t24-,25-,26+,27-,28+/m1/s1. The number of aliphatic hydroxyl groups excluding tert-OH is 3. The van der Waals surface area contributed by atoms with E-state index in [0.29, 0.717) is 5.56 Å². The molecule has 1 aromatic heterocycles. The lowest BCUT2D eigenvalue weighted by atomic mass is 9.99. The second-order valence-corrected chi connectivity index (χ2v) is 11.7. The Morgan fingerprint density at radius 2 is 1.90 bits per heavy atom. The van der Waals surface area contributed by atoms with Gasteiger partial charge < -0.3 is 29.7 Å². The van der Waals surface area contributed by atoms with Crippen molar-refractivity contribution in [3.8, 4) is 6.07 Å². The Morgan fingerprint density at radius 1 is 1.17 bits per heavy atom. The first-order valence-electron chi connectivity index (χ1n) is 13.6. The molecule has 0 radical (unpaired) electrons. The Hall–Kier alpha value is -3.42. The van der Waals surface area contributed by atoms with E-state index in [1.807, 2.05) is 24.3 Å². The first kappa shape index (κ1) is 31.5. The van der Waals surface area contributed by atoms with Gasteiger partial charge in [-0.15, -0.1) is 5.10 Å². The van der Waals surface area contributed by atoms with Crippen molar-refractivity contribution in [1.82, 2.24) is 19.7 Å². The van der Waals surface area contributed by atoms with Crippen molar-refractivity contribution < 1.29 is 33.2 Å². The van der Waals surface area contributed by atoms with Gasteiger partial charge in [-0.3, -0.25) is 0 Å². The molecule has 0 amide bonds. The second-order valence-electron chi connectivity index (χ2n) is 10.00. The summed E-state index contributed by atoms with van der Waals surface area (Å²) < 4.78 is 40.0. The molecule has 226 valence electrons. The summed E-state index contributed by atoms with van der Waals surface area (Å²) in [5.41, 5.74) is 1.93. The summed E-state index contributed by atoms with van der Waals surface area (Å²) >= 11 is 0. The van der Waals surface area contributed by atoms with E-state index in [2.05, 4.69) is 39.8 Å². The van der Waals surface area contributed by atoms with Crippen LogP contribution >= 0.6 is 0 Å². The number of hydrogen-bond donors (Lipinski definition) is 4. The van der Waals surface area contributed by atoms with Gasteiger partial charge in [-0.05, 0) is 54.0 Å². The lowest BCUT2D eigenvalue weighted by Crippen LogP contribution is -2.58. The third-order valence-corrected chi connectivity index (χ3v) is 8.40. The maximum atomic E-state index is 12.9. The molecule has 0 bridgehead atoms. The molecule has 2 heterocycles. The number of sulfonamides is 1. The number of methoxy groups -OCH3 is 1. The van der Waals surface area contributed by atoms with Crippen molar-refractivity contribution in [3.63, 3.8) is 0 Å². The lowest BCUT2D eigenvalue weighted by Gasteiger charge is -2.39. The molecule has 1 aliphatic heterocycles. The van der Waals surface area contributed by atoms with Crippen LogP contribution in [0.1, 0.15) is 31.5 Å². The summed E-state index contributed by atoms with van der Waals surface area (Å²) in [5.74, 6) is 0. The predicted molar refractivity (Wildman–Crippen MR) is 155 cm³/mol. The molecule has 13 nitrogen and oxygen atoms in total. The first-order valence-corrected chi connectivity index (χ1v) is 15.1. The number of ether oxygens (including phenoxy) is 2. The summed E-state index contributed by atoms with van der Waals surface area (Å²) in [6.45, 7) is 5.81. The van der Waals surface area contributed by atoms with E-state index in [4.69, 9.17) is 9.47 Å². The first-order chi connectivity index (χ1) is 20.1. The van der Waals surface area contributed by atoms with Crippen molar-refractivity contribution in [3.05, 3.63) is 58.8 Å². The monoisotopic (exact) mass is 600 g/mol. The number of benzene rings is 2. The Kier molecular flexibility index (Phi) is 10.3. The van der Waals surface area contributed by atoms with E-state index in [9.17, 15) is 29.0 Å². The van der Waals surface area contributed by atoms with Crippen LogP contribution in [0.5, 0.6) is 0 Å². The molecule has 42 heavy (non-hydrogen) atoms. The number of nitrogens with zero attached hydrogens (tertiary/aromatic N) is 5. The van der Waals surface area contributed by atoms with E-state index >= 15 is 0 Å². The smallest absolute Gasteiger partial charge is 0.251 e. The zero-order valence-electron chi connectivity index (χ0n) is 23.7. The minimum Gasteiger partial charge on any atom is -0.388 e. The van der Waals surface area contributed by atoms with Crippen molar-refractivity contribution in [2.45, 2.75) is 64.1 Å². The zero-order valence-corrected chi connectivity index (χ0v) is 24.5. The van der Waals surface area contributed by atoms with Gasteiger partial charge in [0.25, 0.3) is 10.0 Å². The average molecular weight is 601 g/mol. The third-order valence-electron chi connectivity index (χ3n) is 7.08. The summed E-state index contributed by atoms with van der Waals surface area (Å²) in [4.78, 5) is 1.83. The molecule has 3 aromatic rings. The van der Waals surface area contributed by atoms with E-state index in [0.717, 1.165) is 36.0 Å². The number of aliphatic hydroxyl groups is 3. The predicted octanol–water partition coefficient (Wildman–Crippen LogP) is 1.11. The maximum absolute atomic E-state index is 12.9. The third kappa shape index (κ3) is 7.13. The SMILES string of the molecule is CCCN(CC)c1ccc2cc(/C=C(\C#N)S(=O)(=O)NCc3cn(C[C@H]4O[C@H](OC)[C@H](O)[C@@H](O)[C@@H]4O)nn3)ccc2c1. The summed E-state index contributed by atoms with van der Waals surface area (Å²) in [7, 11) is -2.88. The fourth-order valence-electron chi connectivity index (χ4n) is 4.80. The molecular weight excluding hydrogens is 564 g/mol. The Balaban J connectivity index is 1.43. The normalized spacial score (nSPS) is 23.2. The van der Waals surface area contributed by atoms with Gasteiger partial charge in [-0.25, -0.2) is 17.8 Å². The molecule has 14 heteroatoms. The van der Waals surface area contributed by atoms with Crippen molar-refractivity contribution >= 4 is 32.6 Å². The number of hydrogen-bond acceptors (Lipinski definition) is 11. The van der Waals surface area contributed by atoms with Crippen LogP contribution in [-0.4, -0.2) is 89.6 Å². The molecule has 0 aliphatic carbocycles. The fraction of sp³-hybridized carbons (Fsp3) is 0.464. The largest absolute Gasteiger partial charge is 0.388 e. The van der Waals surface area contributed by atoms with Crippen LogP contribution in [0.4, 0.5) is 5.69 Å². The molecule has 0 spiro atoms. The quantitative estimate of drug-likeness (QED) is 0.218. The summed E-state index contributed by atoms with van der Waals surface area (Å²) in [5, 5.41) is 49.6. The molecule has 2 aromatic carbocycles. The highest BCUT2D eigenvalue weighted by atomic mass is 32.2. The van der Waals surface area contributed by atoms with Crippen LogP contribution < -0.4 is 9.62 Å². The minimum absolute atomic E-state index is 0.0492. The van der Waals surface area contributed by atoms with E-state index in [1.165, 1.54) is 24.1 Å². The number of aromatic nitrogens is 3. The van der Waals surface area contributed by atoms with Crippen molar-refractivity contribution in [2.75, 3.05) is 25.1 Å². The van der Waals surface area contributed by atoms with E-state index in [1.54, 1.807) is 12.1 Å². The van der Waals surface area contributed by atoms with Gasteiger partial charge in [-0.2, -0.15) is 5.26 Å². The highest BCUT2D eigenvalue weighted by Crippen LogP contribution is 2.25. The Bertz CT molecular complexity index is 1550. The minimum atomic E-state index is -4.18. The second kappa shape index (κ2) is 13.7. The number of fused-ring (bicyclic) bond motifs is 1. The van der Waals surface area contributed by atoms with Crippen molar-refractivity contribution in [1.29, 1.82) is 5.26 Å². The average Bonchev–Trinajstić information content (AvgIpc) is 3.44. The van der Waals surface area contributed by atoms with Crippen LogP contribution in [-0.2, 0) is 32.6 Å². The number of nitriles is 1. The molecular formula is C28H36N6O7S. The summed E-state index contributed by atoms with van der Waals surface area (Å²) in [6, 6.07) is 13.4. The molecule has 1 saturated heterocycles. The number of allylic oxidation sites excluding steroid dienone is 1. The van der Waals surface area contributed by atoms with Crippen LogP contribution in [0.15, 0.2) is 47.5 Å². The zero-order chi connectivity index (χ0) is 30.4.